The van der Waals surface area contributed by atoms with Crippen molar-refractivity contribution in [3.63, 3.8) is 0 Å². The SMILES string of the molecule is CCN1C(=O)N(c2cc(OC)cc(NC(C)=O)c2OC)Cc2cnc(Nc3ccc(N4CCOCC4)cc3)nc21. The molecule has 12 heteroatoms. The summed E-state index contributed by atoms with van der Waals surface area (Å²) in [5.74, 6) is 1.48. The molecule has 2 N–H and O–H groups in total. The Morgan fingerprint density at radius 2 is 1.85 bits per heavy atom. The van der Waals surface area contributed by atoms with Gasteiger partial charge in [-0.3, -0.25) is 14.6 Å². The smallest absolute Gasteiger partial charge is 0.330 e. The Kier molecular flexibility index (Phi) is 7.87. The largest absolute Gasteiger partial charge is 0.497 e. The van der Waals surface area contributed by atoms with Gasteiger partial charge < -0.3 is 29.7 Å². The van der Waals surface area contributed by atoms with Gasteiger partial charge in [-0.25, -0.2) is 9.78 Å². The Labute approximate surface area is 232 Å². The van der Waals surface area contributed by atoms with Crippen LogP contribution in [0.1, 0.15) is 19.4 Å². The van der Waals surface area contributed by atoms with Crippen LogP contribution < -0.4 is 34.8 Å². The first-order valence-electron chi connectivity index (χ1n) is 13.1. The third-order valence-electron chi connectivity index (χ3n) is 6.79. The van der Waals surface area contributed by atoms with Crippen LogP contribution in [-0.2, 0) is 16.1 Å². The highest BCUT2D eigenvalue weighted by molar-refractivity contribution is 6.07. The summed E-state index contributed by atoms with van der Waals surface area (Å²) in [7, 11) is 3.01. The van der Waals surface area contributed by atoms with Crippen LogP contribution in [0.15, 0.2) is 42.6 Å². The molecule has 0 spiro atoms. The van der Waals surface area contributed by atoms with E-state index in [0.29, 0.717) is 41.2 Å². The van der Waals surface area contributed by atoms with E-state index in [-0.39, 0.29) is 18.5 Å². The van der Waals surface area contributed by atoms with E-state index in [9.17, 15) is 9.59 Å². The van der Waals surface area contributed by atoms with Crippen LogP contribution in [-0.4, -0.2) is 69.0 Å². The molecule has 0 bridgehead atoms. The van der Waals surface area contributed by atoms with Gasteiger partial charge in [0.05, 0.1) is 45.4 Å². The number of rotatable bonds is 8. The van der Waals surface area contributed by atoms with Crippen molar-refractivity contribution in [2.75, 3.05) is 72.4 Å². The number of morpholine rings is 1. The Bertz CT molecular complexity index is 1390. The van der Waals surface area contributed by atoms with Crippen molar-refractivity contribution in [3.05, 3.63) is 48.2 Å². The van der Waals surface area contributed by atoms with Gasteiger partial charge in [-0.05, 0) is 31.2 Å². The van der Waals surface area contributed by atoms with Crippen LogP contribution in [0, 0.1) is 0 Å². The first-order chi connectivity index (χ1) is 19.4. The van der Waals surface area contributed by atoms with Gasteiger partial charge in [-0.1, -0.05) is 0 Å². The summed E-state index contributed by atoms with van der Waals surface area (Å²) in [6.45, 7) is 7.09. The normalized spacial score (nSPS) is 15.0. The van der Waals surface area contributed by atoms with Crippen LogP contribution in [0.5, 0.6) is 11.5 Å². The molecule has 0 aliphatic carbocycles. The molecule has 2 aliphatic heterocycles. The van der Waals surface area contributed by atoms with E-state index in [4.69, 9.17) is 19.2 Å². The van der Waals surface area contributed by atoms with Gasteiger partial charge in [0.2, 0.25) is 11.9 Å². The van der Waals surface area contributed by atoms with Crippen molar-refractivity contribution < 1.29 is 23.8 Å². The Hall–Kier alpha value is -4.58. The van der Waals surface area contributed by atoms with Gasteiger partial charge in [-0.15, -0.1) is 0 Å². The highest BCUT2D eigenvalue weighted by Crippen LogP contribution is 2.43. The van der Waals surface area contributed by atoms with Crippen LogP contribution in [0.25, 0.3) is 0 Å². The quantitative estimate of drug-likeness (QED) is 0.431. The number of carbonyl (C=O) groups is 2. The van der Waals surface area contributed by atoms with E-state index in [1.54, 1.807) is 28.1 Å². The maximum Gasteiger partial charge on any atom is 0.330 e. The van der Waals surface area contributed by atoms with E-state index >= 15 is 0 Å². The lowest BCUT2D eigenvalue weighted by Gasteiger charge is -2.36. The van der Waals surface area contributed by atoms with E-state index in [1.807, 2.05) is 19.1 Å². The van der Waals surface area contributed by atoms with Crippen LogP contribution in [0.3, 0.4) is 0 Å². The number of urea groups is 1. The van der Waals surface area contributed by atoms with Gasteiger partial charge in [-0.2, -0.15) is 4.98 Å². The fraction of sp³-hybridized carbons (Fsp3) is 0.357. The number of nitrogens with one attached hydrogen (secondary N) is 2. The van der Waals surface area contributed by atoms with E-state index in [2.05, 4.69) is 32.7 Å². The number of benzene rings is 2. The van der Waals surface area contributed by atoms with Gasteiger partial charge >= 0.3 is 6.03 Å². The minimum absolute atomic E-state index is 0.211. The number of methoxy groups -OCH3 is 2. The number of amides is 3. The molecule has 12 nitrogen and oxygen atoms in total. The molecule has 3 heterocycles. The van der Waals surface area contributed by atoms with Gasteiger partial charge in [0.15, 0.2) is 5.75 Å². The van der Waals surface area contributed by atoms with E-state index < -0.39 is 0 Å². The number of anilines is 6. The molecule has 2 aliphatic rings. The monoisotopic (exact) mass is 547 g/mol. The summed E-state index contributed by atoms with van der Waals surface area (Å²) in [6, 6.07) is 11.2. The third-order valence-corrected chi connectivity index (χ3v) is 6.79. The number of hydrogen-bond acceptors (Lipinski definition) is 9. The molecule has 2 aromatic carbocycles. The van der Waals surface area contributed by atoms with Crippen molar-refractivity contribution in [2.24, 2.45) is 0 Å². The minimum atomic E-state index is -0.283. The second-order valence-electron chi connectivity index (χ2n) is 9.34. The van der Waals surface area contributed by atoms with Crippen molar-refractivity contribution in [1.82, 2.24) is 9.97 Å². The molecule has 3 amide bonds. The second kappa shape index (κ2) is 11.7. The molecule has 40 heavy (non-hydrogen) atoms. The molecule has 0 saturated carbocycles. The number of ether oxygens (including phenoxy) is 3. The molecule has 210 valence electrons. The van der Waals surface area contributed by atoms with Gasteiger partial charge in [0.25, 0.3) is 0 Å². The molecule has 0 unspecified atom stereocenters. The zero-order valence-electron chi connectivity index (χ0n) is 23.1. The number of carbonyl (C=O) groups excluding carboxylic acids is 2. The third kappa shape index (κ3) is 5.43. The van der Waals surface area contributed by atoms with Crippen LogP contribution in [0.4, 0.5) is 39.3 Å². The average molecular weight is 548 g/mol. The van der Waals surface area contributed by atoms with Crippen LogP contribution >= 0.6 is 0 Å². The average Bonchev–Trinajstić information content (AvgIpc) is 2.97. The lowest BCUT2D eigenvalue weighted by molar-refractivity contribution is -0.114. The summed E-state index contributed by atoms with van der Waals surface area (Å²) in [5.41, 5.74) is 3.61. The summed E-state index contributed by atoms with van der Waals surface area (Å²) < 4.78 is 16.5. The number of aromatic nitrogens is 2. The summed E-state index contributed by atoms with van der Waals surface area (Å²) in [6.07, 6.45) is 1.72. The van der Waals surface area contributed by atoms with Crippen LogP contribution in [0.2, 0.25) is 0 Å². The van der Waals surface area contributed by atoms with Crippen molar-refractivity contribution in [2.45, 2.75) is 20.4 Å². The first kappa shape index (κ1) is 27.0. The zero-order valence-corrected chi connectivity index (χ0v) is 23.1. The molecule has 1 aromatic heterocycles. The summed E-state index contributed by atoms with van der Waals surface area (Å²) in [4.78, 5) is 40.2. The van der Waals surface area contributed by atoms with Gasteiger partial charge in [0.1, 0.15) is 11.6 Å². The molecule has 3 aromatic rings. The second-order valence-corrected chi connectivity index (χ2v) is 9.34. The Morgan fingerprint density at radius 3 is 2.50 bits per heavy atom. The number of hydrogen-bond donors (Lipinski definition) is 2. The Balaban J connectivity index is 1.42. The molecule has 0 radical (unpaired) electrons. The zero-order chi connectivity index (χ0) is 28.2. The standard InChI is InChI=1S/C28H33N7O5/c1-5-34-26-19(16-29-27(32-26)31-20-6-8-21(9-7-20)33-10-12-40-13-11-33)17-35(28(34)37)24-15-22(38-3)14-23(25(24)39-4)30-18(2)36/h6-9,14-16H,5,10-13,17H2,1-4H3,(H,30,36)(H,29,31,32). The topological polar surface area (TPSA) is 121 Å². The van der Waals surface area contributed by atoms with Crippen molar-refractivity contribution in [1.29, 1.82) is 0 Å². The summed E-state index contributed by atoms with van der Waals surface area (Å²) >= 11 is 0. The number of nitrogens with zero attached hydrogens (tertiary/aromatic N) is 5. The van der Waals surface area contributed by atoms with Gasteiger partial charge in [0, 0.05) is 61.8 Å². The van der Waals surface area contributed by atoms with Crippen molar-refractivity contribution >= 4 is 46.5 Å². The summed E-state index contributed by atoms with van der Waals surface area (Å²) in [5, 5.41) is 6.01. The highest BCUT2D eigenvalue weighted by Gasteiger charge is 2.34. The maximum atomic E-state index is 13.8. The van der Waals surface area contributed by atoms with E-state index in [1.165, 1.54) is 21.1 Å². The molecule has 1 fully saturated rings. The lowest BCUT2D eigenvalue weighted by Crippen LogP contribution is -2.48. The maximum absolute atomic E-state index is 13.8. The Morgan fingerprint density at radius 1 is 1.10 bits per heavy atom. The van der Waals surface area contributed by atoms with E-state index in [0.717, 1.165) is 43.2 Å². The predicted molar refractivity (Wildman–Crippen MR) is 153 cm³/mol. The first-order valence-corrected chi connectivity index (χ1v) is 13.1. The minimum Gasteiger partial charge on any atom is -0.497 e. The number of fused-ring (bicyclic) bond motifs is 1. The molecule has 5 rings (SSSR count). The molecular formula is C28H33N7O5. The molecule has 0 atom stereocenters. The predicted octanol–water partition coefficient (Wildman–Crippen LogP) is 4.00. The fourth-order valence-electron chi connectivity index (χ4n) is 4.86. The van der Waals surface area contributed by atoms with Crippen molar-refractivity contribution in [3.8, 4) is 11.5 Å². The fourth-order valence-corrected chi connectivity index (χ4v) is 4.86. The lowest BCUT2D eigenvalue weighted by atomic mass is 10.1. The molecule has 1 saturated heterocycles. The highest BCUT2D eigenvalue weighted by atomic mass is 16.5. The molecular weight excluding hydrogens is 514 g/mol.